The molecule has 0 aliphatic carbocycles. The summed E-state index contributed by atoms with van der Waals surface area (Å²) >= 11 is 0. The number of phenols is 1. The second-order valence-corrected chi connectivity index (χ2v) is 8.00. The fourth-order valence-corrected chi connectivity index (χ4v) is 2.88. The van der Waals surface area contributed by atoms with E-state index >= 15 is 0 Å². The van der Waals surface area contributed by atoms with Gasteiger partial charge in [-0.05, 0) is 79.5 Å². The lowest BCUT2D eigenvalue weighted by molar-refractivity contribution is 0.344. The zero-order chi connectivity index (χ0) is 17.2. The van der Waals surface area contributed by atoms with Crippen LogP contribution in [0.5, 0.6) is 11.5 Å². The number of aryl methyl sites for hydroxylation is 3. The molecule has 2 aromatic rings. The molecule has 0 heterocycles. The number of rotatable bonds is 5. The Bertz CT molecular complexity index is 739. The van der Waals surface area contributed by atoms with Crippen molar-refractivity contribution in [3.63, 3.8) is 0 Å². The van der Waals surface area contributed by atoms with Crippen molar-refractivity contribution in [3.8, 4) is 11.5 Å². The Balaban J connectivity index is 2.23. The van der Waals surface area contributed by atoms with E-state index in [0.29, 0.717) is 11.5 Å². The standard InChI is InChI=1S/C18H23O4P/c1-12-8-16(22-11-23(4,20)21)9-13(2)17(12)10-15-5-6-18(19)14(3)7-15/h5-9,19-21H,4,10-11H2,1-3H3. The summed E-state index contributed by atoms with van der Waals surface area (Å²) in [5.41, 5.74) is 5.35. The average molecular weight is 334 g/mol. The first-order valence-electron chi connectivity index (χ1n) is 7.35. The molecule has 0 fully saturated rings. The first-order valence-corrected chi connectivity index (χ1v) is 9.41. The fourth-order valence-electron chi connectivity index (χ4n) is 2.53. The van der Waals surface area contributed by atoms with Crippen LogP contribution >= 0.6 is 7.34 Å². The van der Waals surface area contributed by atoms with Crippen molar-refractivity contribution in [3.05, 3.63) is 58.1 Å². The topological polar surface area (TPSA) is 69.9 Å². The Morgan fingerprint density at radius 1 is 1.00 bits per heavy atom. The van der Waals surface area contributed by atoms with Crippen molar-refractivity contribution in [2.45, 2.75) is 27.2 Å². The maximum Gasteiger partial charge on any atom is 0.152 e. The van der Waals surface area contributed by atoms with Gasteiger partial charge in [-0.1, -0.05) is 12.1 Å². The maximum atomic E-state index is 9.62. The molecule has 0 aromatic heterocycles. The van der Waals surface area contributed by atoms with Crippen LogP contribution in [0.15, 0.2) is 30.3 Å². The van der Waals surface area contributed by atoms with Crippen molar-refractivity contribution >= 4 is 13.6 Å². The fraction of sp³-hybridized carbons (Fsp3) is 0.278. The highest BCUT2D eigenvalue weighted by molar-refractivity contribution is 7.62. The van der Waals surface area contributed by atoms with Crippen molar-refractivity contribution in [1.82, 2.24) is 0 Å². The molecule has 3 N–H and O–H groups in total. The highest BCUT2D eigenvalue weighted by Crippen LogP contribution is 2.34. The molecule has 0 spiro atoms. The molecular formula is C18H23O4P. The van der Waals surface area contributed by atoms with Gasteiger partial charge in [0.15, 0.2) is 6.35 Å². The summed E-state index contributed by atoms with van der Waals surface area (Å²) in [6.45, 7) is 5.90. The van der Waals surface area contributed by atoms with Crippen LogP contribution in [0, 0.1) is 20.8 Å². The highest BCUT2D eigenvalue weighted by atomic mass is 31.2. The molecule has 0 saturated carbocycles. The Labute approximate surface area is 137 Å². The average Bonchev–Trinajstić information content (AvgIpc) is 2.43. The second-order valence-electron chi connectivity index (χ2n) is 5.99. The summed E-state index contributed by atoms with van der Waals surface area (Å²) in [6, 6.07) is 9.41. The minimum atomic E-state index is -3.18. The van der Waals surface area contributed by atoms with Crippen molar-refractivity contribution in [2.75, 3.05) is 6.35 Å². The number of hydrogen-bond acceptors (Lipinski definition) is 4. The van der Waals surface area contributed by atoms with Crippen LogP contribution in [0.4, 0.5) is 0 Å². The van der Waals surface area contributed by atoms with Gasteiger partial charge in [0.05, 0.1) is 0 Å². The van der Waals surface area contributed by atoms with E-state index in [2.05, 4.69) is 6.30 Å². The minimum absolute atomic E-state index is 0.178. The Hall–Kier alpha value is -1.74. The molecule has 0 atom stereocenters. The molecule has 0 unspecified atom stereocenters. The summed E-state index contributed by atoms with van der Waals surface area (Å²) < 4.78 is 5.43. The van der Waals surface area contributed by atoms with Gasteiger partial charge in [0, 0.05) is 0 Å². The largest absolute Gasteiger partial charge is 0.508 e. The van der Waals surface area contributed by atoms with Gasteiger partial charge in [-0.15, -0.1) is 0 Å². The molecular weight excluding hydrogens is 311 g/mol. The molecule has 5 heteroatoms. The summed E-state index contributed by atoms with van der Waals surface area (Å²) in [6.07, 6.45) is 3.89. The third-order valence-corrected chi connectivity index (χ3v) is 4.29. The van der Waals surface area contributed by atoms with Gasteiger partial charge in [-0.25, -0.2) is 0 Å². The van der Waals surface area contributed by atoms with E-state index in [4.69, 9.17) is 4.74 Å². The van der Waals surface area contributed by atoms with E-state index in [1.54, 1.807) is 6.07 Å². The van der Waals surface area contributed by atoms with Crippen LogP contribution in [0.3, 0.4) is 0 Å². The minimum Gasteiger partial charge on any atom is -0.508 e. The normalized spacial score (nSPS) is 11.5. The summed E-state index contributed by atoms with van der Waals surface area (Å²) in [7, 11) is -3.18. The van der Waals surface area contributed by atoms with Gasteiger partial charge < -0.3 is 19.6 Å². The lowest BCUT2D eigenvalue weighted by Crippen LogP contribution is -2.01. The van der Waals surface area contributed by atoms with Gasteiger partial charge in [-0.2, -0.15) is 0 Å². The zero-order valence-electron chi connectivity index (χ0n) is 13.7. The van der Waals surface area contributed by atoms with E-state index < -0.39 is 7.34 Å². The second kappa shape index (κ2) is 6.79. The van der Waals surface area contributed by atoms with E-state index in [-0.39, 0.29) is 6.35 Å². The molecule has 0 saturated heterocycles. The molecule has 23 heavy (non-hydrogen) atoms. The Morgan fingerprint density at radius 2 is 1.61 bits per heavy atom. The van der Waals surface area contributed by atoms with Crippen molar-refractivity contribution in [2.24, 2.45) is 0 Å². The Kier molecular flexibility index (Phi) is 5.20. The van der Waals surface area contributed by atoms with Crippen LogP contribution in [0.25, 0.3) is 0 Å². The molecule has 0 aliphatic rings. The number of benzene rings is 2. The predicted molar refractivity (Wildman–Crippen MR) is 95.5 cm³/mol. The van der Waals surface area contributed by atoms with Crippen LogP contribution in [0.2, 0.25) is 0 Å². The van der Waals surface area contributed by atoms with Crippen LogP contribution < -0.4 is 4.74 Å². The van der Waals surface area contributed by atoms with Crippen molar-refractivity contribution < 1.29 is 19.6 Å². The van der Waals surface area contributed by atoms with Gasteiger partial charge in [0.25, 0.3) is 0 Å². The van der Waals surface area contributed by atoms with E-state index in [9.17, 15) is 14.9 Å². The molecule has 0 radical (unpaired) electrons. The lowest BCUT2D eigenvalue weighted by Gasteiger charge is -2.16. The van der Waals surface area contributed by atoms with Gasteiger partial charge in [0.1, 0.15) is 18.8 Å². The summed E-state index contributed by atoms with van der Waals surface area (Å²) in [5, 5.41) is 9.62. The number of ether oxygens (including phenoxy) is 1. The number of aromatic hydroxyl groups is 1. The van der Waals surface area contributed by atoms with Crippen LogP contribution in [-0.4, -0.2) is 27.5 Å². The number of phenolic OH excluding ortho intramolecular Hbond substituents is 1. The zero-order valence-corrected chi connectivity index (χ0v) is 14.6. The van der Waals surface area contributed by atoms with Gasteiger partial charge in [-0.3, -0.25) is 0 Å². The first kappa shape index (κ1) is 17.6. The smallest absolute Gasteiger partial charge is 0.152 e. The molecule has 0 aliphatic heterocycles. The highest BCUT2D eigenvalue weighted by Gasteiger charge is 2.10. The van der Waals surface area contributed by atoms with E-state index in [1.807, 2.05) is 45.0 Å². The number of hydrogen-bond donors (Lipinski definition) is 3. The molecule has 2 rings (SSSR count). The molecule has 0 bridgehead atoms. The van der Waals surface area contributed by atoms with E-state index in [0.717, 1.165) is 28.7 Å². The monoisotopic (exact) mass is 334 g/mol. The third kappa shape index (κ3) is 4.87. The van der Waals surface area contributed by atoms with Gasteiger partial charge >= 0.3 is 0 Å². The predicted octanol–water partition coefficient (Wildman–Crippen LogP) is 3.51. The van der Waals surface area contributed by atoms with Crippen molar-refractivity contribution in [1.29, 1.82) is 0 Å². The molecule has 2 aromatic carbocycles. The maximum absolute atomic E-state index is 9.62. The first-order chi connectivity index (χ1) is 10.7. The molecule has 0 amide bonds. The van der Waals surface area contributed by atoms with Crippen LogP contribution in [0.1, 0.15) is 27.8 Å². The molecule has 124 valence electrons. The summed E-state index contributed by atoms with van der Waals surface area (Å²) in [5.74, 6) is 0.917. The van der Waals surface area contributed by atoms with E-state index in [1.165, 1.54) is 5.56 Å². The van der Waals surface area contributed by atoms with Crippen LogP contribution in [-0.2, 0) is 6.42 Å². The summed E-state index contributed by atoms with van der Waals surface area (Å²) in [4.78, 5) is 18.7. The SMILES string of the molecule is C=P(O)(O)COc1cc(C)c(Cc2ccc(O)c(C)c2)c(C)c1. The lowest BCUT2D eigenvalue weighted by atomic mass is 9.95. The quantitative estimate of drug-likeness (QED) is 0.732. The Morgan fingerprint density at radius 3 is 2.13 bits per heavy atom. The van der Waals surface area contributed by atoms with Gasteiger partial charge in [0.2, 0.25) is 0 Å². The molecule has 4 nitrogen and oxygen atoms in total. The third-order valence-electron chi connectivity index (χ3n) is 3.75.